The fourth-order valence-corrected chi connectivity index (χ4v) is 4.08. The molecule has 4 nitrogen and oxygen atoms in total. The van der Waals surface area contributed by atoms with E-state index in [-0.39, 0.29) is 11.2 Å². The van der Waals surface area contributed by atoms with Gasteiger partial charge in [-0.25, -0.2) is 0 Å². The summed E-state index contributed by atoms with van der Waals surface area (Å²) in [7, 11) is 1.91. The summed E-state index contributed by atoms with van der Waals surface area (Å²) in [5.41, 5.74) is 5.35. The number of amides is 1. The lowest BCUT2D eigenvalue weighted by Crippen LogP contribution is -2.27. The van der Waals surface area contributed by atoms with Crippen molar-refractivity contribution in [2.75, 3.05) is 0 Å². The van der Waals surface area contributed by atoms with Crippen molar-refractivity contribution in [1.82, 2.24) is 15.1 Å². The lowest BCUT2D eigenvalue weighted by Gasteiger charge is -2.18. The Morgan fingerprint density at radius 1 is 1.11 bits per heavy atom. The molecule has 0 radical (unpaired) electrons. The third kappa shape index (κ3) is 4.80. The van der Waals surface area contributed by atoms with Crippen LogP contribution in [0.15, 0.2) is 59.5 Å². The van der Waals surface area contributed by atoms with Gasteiger partial charge in [0.15, 0.2) is 0 Å². The molecule has 1 atom stereocenters. The number of aromatic nitrogens is 2. The minimum atomic E-state index is -0.308. The number of carbonyl (C=O) groups is 1. The van der Waals surface area contributed by atoms with E-state index in [1.165, 1.54) is 11.1 Å². The van der Waals surface area contributed by atoms with Gasteiger partial charge in [-0.15, -0.1) is 11.8 Å². The highest BCUT2D eigenvalue weighted by Crippen LogP contribution is 2.37. The SMILES string of the molecule is Cc1ccc(SC(C(=O)NCc2cc(C)n(C)n2)c2ccccc2)c(C)c1. The zero-order valence-electron chi connectivity index (χ0n) is 16.2. The Morgan fingerprint density at radius 2 is 1.85 bits per heavy atom. The van der Waals surface area contributed by atoms with Gasteiger partial charge in [0.2, 0.25) is 5.91 Å². The number of thioether (sulfide) groups is 1. The average molecular weight is 380 g/mol. The van der Waals surface area contributed by atoms with E-state index in [1.54, 1.807) is 11.8 Å². The number of rotatable bonds is 6. The van der Waals surface area contributed by atoms with Crippen molar-refractivity contribution in [3.63, 3.8) is 0 Å². The summed E-state index contributed by atoms with van der Waals surface area (Å²) >= 11 is 1.59. The summed E-state index contributed by atoms with van der Waals surface area (Å²) in [5.74, 6) is -0.00511. The Labute approximate surface area is 165 Å². The standard InChI is InChI=1S/C22H25N3OS/c1-15-10-11-20(16(2)12-15)27-21(18-8-6-5-7-9-18)22(26)23-14-19-13-17(3)25(4)24-19/h5-13,21H,14H2,1-4H3,(H,23,26). The van der Waals surface area contributed by atoms with Gasteiger partial charge in [0.25, 0.3) is 0 Å². The molecule has 5 heteroatoms. The first-order chi connectivity index (χ1) is 12.9. The lowest BCUT2D eigenvalue weighted by molar-refractivity contribution is -0.120. The zero-order chi connectivity index (χ0) is 19.4. The van der Waals surface area contributed by atoms with E-state index in [4.69, 9.17) is 0 Å². The molecule has 0 aliphatic heterocycles. The predicted molar refractivity (Wildman–Crippen MR) is 111 cm³/mol. The van der Waals surface area contributed by atoms with Crippen LogP contribution >= 0.6 is 11.8 Å². The second-order valence-electron chi connectivity index (χ2n) is 6.80. The van der Waals surface area contributed by atoms with Crippen molar-refractivity contribution in [1.29, 1.82) is 0 Å². The summed E-state index contributed by atoms with van der Waals surface area (Å²) in [5, 5.41) is 7.16. The molecule has 0 bridgehead atoms. The summed E-state index contributed by atoms with van der Waals surface area (Å²) in [6.07, 6.45) is 0. The van der Waals surface area contributed by atoms with E-state index in [9.17, 15) is 4.79 Å². The monoisotopic (exact) mass is 379 g/mol. The van der Waals surface area contributed by atoms with Crippen LogP contribution in [0.5, 0.6) is 0 Å². The van der Waals surface area contributed by atoms with Gasteiger partial charge in [0.05, 0.1) is 12.2 Å². The fraction of sp³-hybridized carbons (Fsp3) is 0.273. The Morgan fingerprint density at radius 3 is 2.48 bits per heavy atom. The largest absolute Gasteiger partial charge is 0.349 e. The number of carbonyl (C=O) groups excluding carboxylic acids is 1. The van der Waals surface area contributed by atoms with E-state index in [0.29, 0.717) is 6.54 Å². The summed E-state index contributed by atoms with van der Waals surface area (Å²) in [6, 6.07) is 18.3. The second-order valence-corrected chi connectivity index (χ2v) is 7.94. The molecule has 1 N–H and O–H groups in total. The van der Waals surface area contributed by atoms with Crippen molar-refractivity contribution in [2.24, 2.45) is 7.05 Å². The second kappa shape index (κ2) is 8.44. The molecule has 1 aromatic heterocycles. The van der Waals surface area contributed by atoms with Crippen LogP contribution in [0.25, 0.3) is 0 Å². The lowest BCUT2D eigenvalue weighted by atomic mass is 10.1. The maximum atomic E-state index is 13.0. The molecule has 0 saturated heterocycles. The minimum absolute atomic E-state index is 0.00511. The Hall–Kier alpha value is -2.53. The maximum absolute atomic E-state index is 13.0. The first kappa shape index (κ1) is 19.2. The third-order valence-corrected chi connectivity index (χ3v) is 5.96. The third-order valence-electron chi connectivity index (χ3n) is 4.52. The molecule has 27 heavy (non-hydrogen) atoms. The van der Waals surface area contributed by atoms with Gasteiger partial charge in [-0.3, -0.25) is 9.48 Å². The van der Waals surface area contributed by atoms with Crippen LogP contribution in [0.1, 0.15) is 33.3 Å². The smallest absolute Gasteiger partial charge is 0.238 e. The molecule has 3 rings (SSSR count). The molecule has 3 aromatic rings. The molecule has 2 aromatic carbocycles. The van der Waals surface area contributed by atoms with Crippen molar-refractivity contribution < 1.29 is 4.79 Å². The Kier molecular flexibility index (Phi) is 6.01. The maximum Gasteiger partial charge on any atom is 0.238 e. The molecule has 140 valence electrons. The number of hydrogen-bond acceptors (Lipinski definition) is 3. The van der Waals surface area contributed by atoms with E-state index in [2.05, 4.69) is 42.5 Å². The van der Waals surface area contributed by atoms with Gasteiger partial charge in [-0.2, -0.15) is 5.10 Å². The Bertz CT molecular complexity index is 914. The van der Waals surface area contributed by atoms with Gasteiger partial charge in [-0.05, 0) is 44.0 Å². The number of benzene rings is 2. The molecule has 0 spiro atoms. The molecule has 0 saturated carbocycles. The predicted octanol–water partition coefficient (Wildman–Crippen LogP) is 4.50. The van der Waals surface area contributed by atoms with Gasteiger partial charge < -0.3 is 5.32 Å². The summed E-state index contributed by atoms with van der Waals surface area (Å²) in [6.45, 7) is 6.60. The number of aryl methyl sites for hydroxylation is 4. The van der Waals surface area contributed by atoms with Crippen LogP contribution in [0.3, 0.4) is 0 Å². The molecule has 0 aliphatic carbocycles. The van der Waals surface area contributed by atoms with Crippen molar-refractivity contribution in [3.05, 3.63) is 82.7 Å². The quantitative estimate of drug-likeness (QED) is 0.642. The minimum Gasteiger partial charge on any atom is -0.349 e. The van der Waals surface area contributed by atoms with E-state index in [0.717, 1.165) is 21.8 Å². The fourth-order valence-electron chi connectivity index (χ4n) is 2.95. The van der Waals surface area contributed by atoms with Crippen LogP contribution < -0.4 is 5.32 Å². The molecule has 1 amide bonds. The van der Waals surface area contributed by atoms with Crippen LogP contribution in [-0.4, -0.2) is 15.7 Å². The van der Waals surface area contributed by atoms with Crippen molar-refractivity contribution >= 4 is 17.7 Å². The highest BCUT2D eigenvalue weighted by atomic mass is 32.2. The van der Waals surface area contributed by atoms with Crippen LogP contribution in [0.2, 0.25) is 0 Å². The van der Waals surface area contributed by atoms with Crippen molar-refractivity contribution in [2.45, 2.75) is 37.5 Å². The van der Waals surface area contributed by atoms with Gasteiger partial charge in [0, 0.05) is 17.6 Å². The highest BCUT2D eigenvalue weighted by Gasteiger charge is 2.22. The zero-order valence-corrected chi connectivity index (χ0v) is 17.0. The van der Waals surface area contributed by atoms with Crippen LogP contribution in [-0.2, 0) is 18.4 Å². The molecular weight excluding hydrogens is 354 g/mol. The van der Waals surface area contributed by atoms with E-state index >= 15 is 0 Å². The van der Waals surface area contributed by atoms with Gasteiger partial charge in [-0.1, -0.05) is 48.0 Å². The molecule has 0 aliphatic rings. The summed E-state index contributed by atoms with van der Waals surface area (Å²) < 4.78 is 1.82. The molecule has 1 heterocycles. The average Bonchev–Trinajstić information content (AvgIpc) is 2.97. The number of hydrogen-bond donors (Lipinski definition) is 1. The first-order valence-corrected chi connectivity index (χ1v) is 9.88. The normalized spacial score (nSPS) is 12.0. The van der Waals surface area contributed by atoms with E-state index < -0.39 is 0 Å². The number of nitrogens with one attached hydrogen (secondary N) is 1. The molecular formula is C22H25N3OS. The Balaban J connectivity index is 1.80. The van der Waals surface area contributed by atoms with Crippen LogP contribution in [0.4, 0.5) is 0 Å². The van der Waals surface area contributed by atoms with Crippen molar-refractivity contribution in [3.8, 4) is 0 Å². The van der Waals surface area contributed by atoms with Gasteiger partial charge in [0.1, 0.15) is 5.25 Å². The van der Waals surface area contributed by atoms with Gasteiger partial charge >= 0.3 is 0 Å². The van der Waals surface area contributed by atoms with E-state index in [1.807, 2.05) is 55.1 Å². The van der Waals surface area contributed by atoms with Crippen LogP contribution in [0, 0.1) is 20.8 Å². The molecule has 0 fully saturated rings. The highest BCUT2D eigenvalue weighted by molar-refractivity contribution is 8.00. The first-order valence-electron chi connectivity index (χ1n) is 9.00. The molecule has 1 unspecified atom stereocenters. The topological polar surface area (TPSA) is 46.9 Å². The summed E-state index contributed by atoms with van der Waals surface area (Å²) in [4.78, 5) is 14.1. The number of nitrogens with zero attached hydrogens (tertiary/aromatic N) is 2.